The number of carboxylic acid groups (broad SMARTS) is 1. The summed E-state index contributed by atoms with van der Waals surface area (Å²) in [5.74, 6) is -1.50. The fourth-order valence-corrected chi connectivity index (χ4v) is 1.23. The smallest absolute Gasteiger partial charge is 0.312 e. The van der Waals surface area contributed by atoms with Crippen LogP contribution in [-0.2, 0) is 9.59 Å². The average molecular weight is 216 g/mol. The van der Waals surface area contributed by atoms with Gasteiger partial charge in [-0.3, -0.25) is 9.59 Å². The van der Waals surface area contributed by atoms with Gasteiger partial charge in [0.2, 0.25) is 5.91 Å². The van der Waals surface area contributed by atoms with Gasteiger partial charge in [-0.15, -0.1) is 0 Å². The van der Waals surface area contributed by atoms with Crippen LogP contribution in [0.3, 0.4) is 0 Å². The number of carbonyl (C=O) groups excluding carboxylic acids is 1. The van der Waals surface area contributed by atoms with E-state index in [4.69, 9.17) is 10.8 Å². The largest absolute Gasteiger partial charge is 0.481 e. The lowest BCUT2D eigenvalue weighted by Crippen LogP contribution is -2.26. The second-order valence-electron chi connectivity index (χ2n) is 3.48. The molecular formula is C10H20N2O3. The first-order valence-corrected chi connectivity index (χ1v) is 5.35. The molecule has 0 aliphatic carbocycles. The Morgan fingerprint density at radius 1 is 1.07 bits per heavy atom. The summed E-state index contributed by atoms with van der Waals surface area (Å²) in [4.78, 5) is 21.0. The maximum atomic E-state index is 10.9. The normalized spacial score (nSPS) is 9.93. The van der Waals surface area contributed by atoms with E-state index in [1.165, 1.54) is 0 Å². The van der Waals surface area contributed by atoms with Gasteiger partial charge in [0.1, 0.15) is 6.42 Å². The Morgan fingerprint density at radius 2 is 1.67 bits per heavy atom. The number of carbonyl (C=O) groups is 2. The van der Waals surface area contributed by atoms with Crippen molar-refractivity contribution >= 4 is 11.9 Å². The van der Waals surface area contributed by atoms with E-state index in [0.29, 0.717) is 6.54 Å². The summed E-state index contributed by atoms with van der Waals surface area (Å²) in [6.07, 6.45) is 4.80. The Labute approximate surface area is 90.0 Å². The number of nitrogens with two attached hydrogens (primary N) is 1. The number of unbranched alkanes of at least 4 members (excludes halogenated alkanes) is 4. The molecule has 0 radical (unpaired) electrons. The number of nitrogens with one attached hydrogen (secondary N) is 1. The Balaban J connectivity index is 3.16. The van der Waals surface area contributed by atoms with Crippen molar-refractivity contribution in [3.05, 3.63) is 0 Å². The molecule has 0 rings (SSSR count). The zero-order valence-corrected chi connectivity index (χ0v) is 9.00. The molecule has 0 atom stereocenters. The summed E-state index contributed by atoms with van der Waals surface area (Å²) < 4.78 is 0. The fourth-order valence-electron chi connectivity index (χ4n) is 1.23. The monoisotopic (exact) mass is 216 g/mol. The molecule has 0 aromatic heterocycles. The number of amides is 1. The third-order valence-electron chi connectivity index (χ3n) is 2.01. The van der Waals surface area contributed by atoms with Gasteiger partial charge in [-0.25, -0.2) is 0 Å². The predicted octanol–water partition coefficient (Wildman–Crippen LogP) is 0.487. The molecule has 4 N–H and O–H groups in total. The highest BCUT2D eigenvalue weighted by Gasteiger charge is 2.05. The van der Waals surface area contributed by atoms with Crippen LogP contribution >= 0.6 is 0 Å². The van der Waals surface area contributed by atoms with Crippen LogP contribution in [-0.4, -0.2) is 30.1 Å². The molecular weight excluding hydrogens is 196 g/mol. The van der Waals surface area contributed by atoms with Crippen molar-refractivity contribution in [1.29, 1.82) is 0 Å². The molecule has 0 saturated heterocycles. The highest BCUT2D eigenvalue weighted by atomic mass is 16.4. The number of carboxylic acids is 1. The van der Waals surface area contributed by atoms with Crippen LogP contribution in [0.4, 0.5) is 0 Å². The van der Waals surface area contributed by atoms with Gasteiger partial charge in [-0.1, -0.05) is 19.3 Å². The van der Waals surface area contributed by atoms with Crippen LogP contribution in [0.2, 0.25) is 0 Å². The maximum absolute atomic E-state index is 10.9. The van der Waals surface area contributed by atoms with E-state index >= 15 is 0 Å². The van der Waals surface area contributed by atoms with Crippen LogP contribution in [0.15, 0.2) is 0 Å². The van der Waals surface area contributed by atoms with E-state index < -0.39 is 18.3 Å². The first-order chi connectivity index (χ1) is 7.16. The average Bonchev–Trinajstić information content (AvgIpc) is 2.15. The van der Waals surface area contributed by atoms with Crippen molar-refractivity contribution in [3.63, 3.8) is 0 Å². The van der Waals surface area contributed by atoms with Gasteiger partial charge in [-0.05, 0) is 19.4 Å². The molecule has 0 spiro atoms. The van der Waals surface area contributed by atoms with E-state index in [-0.39, 0.29) is 0 Å². The number of rotatable bonds is 9. The SMILES string of the molecule is NCCCCCCCNC(=O)CC(=O)O. The third kappa shape index (κ3) is 10.8. The molecule has 0 aliphatic rings. The van der Waals surface area contributed by atoms with Gasteiger partial charge >= 0.3 is 5.97 Å². The van der Waals surface area contributed by atoms with Crippen LogP contribution in [0.1, 0.15) is 38.5 Å². The summed E-state index contributed by atoms with van der Waals surface area (Å²) in [6.45, 7) is 1.30. The van der Waals surface area contributed by atoms with Crippen molar-refractivity contribution in [2.24, 2.45) is 5.73 Å². The minimum absolute atomic E-state index is 0.413. The molecule has 0 fully saturated rings. The molecule has 88 valence electrons. The fraction of sp³-hybridized carbons (Fsp3) is 0.800. The van der Waals surface area contributed by atoms with Gasteiger partial charge in [0.15, 0.2) is 0 Å². The quantitative estimate of drug-likeness (QED) is 0.386. The Hall–Kier alpha value is -1.10. The van der Waals surface area contributed by atoms with Crippen molar-refractivity contribution in [3.8, 4) is 0 Å². The topological polar surface area (TPSA) is 92.4 Å². The van der Waals surface area contributed by atoms with Gasteiger partial charge in [-0.2, -0.15) is 0 Å². The van der Waals surface area contributed by atoms with E-state index in [1.54, 1.807) is 0 Å². The molecule has 0 bridgehead atoms. The minimum atomic E-state index is -1.09. The van der Waals surface area contributed by atoms with Gasteiger partial charge < -0.3 is 16.2 Å². The molecule has 5 heteroatoms. The first-order valence-electron chi connectivity index (χ1n) is 5.35. The summed E-state index contributed by atoms with van der Waals surface area (Å²) in [5.41, 5.74) is 5.34. The third-order valence-corrected chi connectivity index (χ3v) is 2.01. The van der Waals surface area contributed by atoms with Crippen molar-refractivity contribution in [1.82, 2.24) is 5.32 Å². The number of hydrogen-bond acceptors (Lipinski definition) is 3. The number of aliphatic carboxylic acids is 1. The molecule has 0 heterocycles. The maximum Gasteiger partial charge on any atom is 0.312 e. The van der Waals surface area contributed by atoms with Crippen molar-refractivity contribution < 1.29 is 14.7 Å². The summed E-state index contributed by atoms with van der Waals surface area (Å²) >= 11 is 0. The lowest BCUT2D eigenvalue weighted by atomic mass is 10.1. The lowest BCUT2D eigenvalue weighted by Gasteiger charge is -2.03. The molecule has 1 amide bonds. The zero-order chi connectivity index (χ0) is 11.5. The molecule has 0 aromatic rings. The first kappa shape index (κ1) is 13.9. The number of hydrogen-bond donors (Lipinski definition) is 3. The molecule has 0 unspecified atom stereocenters. The Kier molecular flexibility index (Phi) is 8.76. The van der Waals surface area contributed by atoms with E-state index in [0.717, 1.165) is 38.6 Å². The molecule has 5 nitrogen and oxygen atoms in total. The van der Waals surface area contributed by atoms with Crippen LogP contribution in [0.5, 0.6) is 0 Å². The summed E-state index contributed by atoms with van der Waals surface area (Å²) in [6, 6.07) is 0. The van der Waals surface area contributed by atoms with E-state index in [2.05, 4.69) is 5.32 Å². The standard InChI is InChI=1S/C10H20N2O3/c11-6-4-2-1-3-5-7-12-9(13)8-10(14)15/h1-8,11H2,(H,12,13)(H,14,15). The summed E-state index contributed by atoms with van der Waals surface area (Å²) in [7, 11) is 0. The Bertz CT molecular complexity index is 195. The van der Waals surface area contributed by atoms with E-state index in [1.807, 2.05) is 0 Å². The Morgan fingerprint density at radius 3 is 2.27 bits per heavy atom. The highest BCUT2D eigenvalue weighted by Crippen LogP contribution is 2.00. The van der Waals surface area contributed by atoms with Gasteiger partial charge in [0, 0.05) is 6.54 Å². The molecule has 0 saturated carbocycles. The molecule has 0 aliphatic heterocycles. The summed E-state index contributed by atoms with van der Waals surface area (Å²) in [5, 5.41) is 10.9. The van der Waals surface area contributed by atoms with Crippen molar-refractivity contribution in [2.75, 3.05) is 13.1 Å². The van der Waals surface area contributed by atoms with Gasteiger partial charge in [0.25, 0.3) is 0 Å². The van der Waals surface area contributed by atoms with Crippen LogP contribution in [0.25, 0.3) is 0 Å². The lowest BCUT2D eigenvalue weighted by molar-refractivity contribution is -0.140. The predicted molar refractivity (Wildman–Crippen MR) is 57.4 cm³/mol. The van der Waals surface area contributed by atoms with Gasteiger partial charge in [0.05, 0.1) is 0 Å². The minimum Gasteiger partial charge on any atom is -0.481 e. The molecule has 15 heavy (non-hydrogen) atoms. The molecule has 0 aromatic carbocycles. The second-order valence-corrected chi connectivity index (χ2v) is 3.48. The van der Waals surface area contributed by atoms with E-state index in [9.17, 15) is 9.59 Å². The highest BCUT2D eigenvalue weighted by molar-refractivity contribution is 5.93. The zero-order valence-electron chi connectivity index (χ0n) is 9.00. The van der Waals surface area contributed by atoms with Crippen molar-refractivity contribution in [2.45, 2.75) is 38.5 Å². The van der Waals surface area contributed by atoms with Crippen LogP contribution < -0.4 is 11.1 Å². The second kappa shape index (κ2) is 9.45. The van der Waals surface area contributed by atoms with Crippen LogP contribution in [0, 0.1) is 0 Å².